The summed E-state index contributed by atoms with van der Waals surface area (Å²) in [6.45, 7) is 5.78. The molecular weight excluding hydrogens is 379 g/mol. The second-order valence-corrected chi connectivity index (χ2v) is 8.25. The van der Waals surface area contributed by atoms with Gasteiger partial charge >= 0.3 is 0 Å². The van der Waals surface area contributed by atoms with Crippen molar-refractivity contribution in [3.05, 3.63) is 68.8 Å². The van der Waals surface area contributed by atoms with Crippen molar-refractivity contribution in [3.63, 3.8) is 0 Å². The van der Waals surface area contributed by atoms with Crippen LogP contribution < -0.4 is 0 Å². The average Bonchev–Trinajstić information content (AvgIpc) is 2.98. The summed E-state index contributed by atoms with van der Waals surface area (Å²) < 4.78 is 0. The van der Waals surface area contributed by atoms with Crippen molar-refractivity contribution in [3.8, 4) is 0 Å². The fourth-order valence-corrected chi connectivity index (χ4v) is 4.56. The minimum absolute atomic E-state index is 0.0147. The molecule has 1 aromatic heterocycles. The molecule has 1 aliphatic heterocycles. The molecule has 0 radical (unpaired) electrons. The molecular formula is C22H22Cl2N2O. The number of aromatic amines is 1. The largest absolute Gasteiger partial charge is 0.358 e. The minimum atomic E-state index is -0.0147. The topological polar surface area (TPSA) is 36.1 Å². The van der Waals surface area contributed by atoms with Crippen LogP contribution in [0.4, 0.5) is 0 Å². The SMILES string of the molecule is Cc1ccc2[nH]c(C3CCN(C(=O)c4ccc(Cl)cc4Cl)CC3)c(C)c2c1. The zero-order chi connectivity index (χ0) is 19.1. The first-order valence-corrected chi connectivity index (χ1v) is 10.0. The van der Waals surface area contributed by atoms with Crippen molar-refractivity contribution >= 4 is 40.0 Å². The molecule has 0 atom stereocenters. The molecule has 1 aliphatic rings. The van der Waals surface area contributed by atoms with E-state index in [-0.39, 0.29) is 5.91 Å². The van der Waals surface area contributed by atoms with Crippen molar-refractivity contribution in [2.45, 2.75) is 32.6 Å². The van der Waals surface area contributed by atoms with Crippen LogP contribution in [0.3, 0.4) is 0 Å². The summed E-state index contributed by atoms with van der Waals surface area (Å²) in [4.78, 5) is 18.3. The predicted molar refractivity (Wildman–Crippen MR) is 112 cm³/mol. The van der Waals surface area contributed by atoms with E-state index in [0.29, 0.717) is 21.5 Å². The van der Waals surface area contributed by atoms with E-state index in [0.717, 1.165) is 25.9 Å². The van der Waals surface area contributed by atoms with E-state index in [1.165, 1.54) is 27.7 Å². The second-order valence-electron chi connectivity index (χ2n) is 7.40. The van der Waals surface area contributed by atoms with Gasteiger partial charge in [-0.3, -0.25) is 4.79 Å². The zero-order valence-corrected chi connectivity index (χ0v) is 17.0. The normalized spacial score (nSPS) is 15.5. The molecule has 140 valence electrons. The number of H-pyrrole nitrogens is 1. The van der Waals surface area contributed by atoms with Crippen molar-refractivity contribution in [2.75, 3.05) is 13.1 Å². The van der Waals surface area contributed by atoms with E-state index in [2.05, 4.69) is 37.0 Å². The Kier molecular flexibility index (Phi) is 4.92. The van der Waals surface area contributed by atoms with Gasteiger partial charge in [-0.15, -0.1) is 0 Å². The highest BCUT2D eigenvalue weighted by atomic mass is 35.5. The smallest absolute Gasteiger partial charge is 0.255 e. The number of benzene rings is 2. The predicted octanol–water partition coefficient (Wildman–Crippen LogP) is 6.11. The summed E-state index contributed by atoms with van der Waals surface area (Å²) in [7, 11) is 0. The number of hydrogen-bond acceptors (Lipinski definition) is 1. The molecule has 3 nitrogen and oxygen atoms in total. The van der Waals surface area contributed by atoms with Crippen LogP contribution in [0.5, 0.6) is 0 Å². The van der Waals surface area contributed by atoms with E-state index in [1.807, 2.05) is 4.90 Å². The molecule has 0 saturated carbocycles. The number of aromatic nitrogens is 1. The van der Waals surface area contributed by atoms with Crippen LogP contribution in [-0.2, 0) is 0 Å². The number of hydrogen-bond donors (Lipinski definition) is 1. The summed E-state index contributed by atoms with van der Waals surface area (Å²) in [5, 5.41) is 2.26. The van der Waals surface area contributed by atoms with Gasteiger partial charge in [0.2, 0.25) is 0 Å². The molecule has 1 fully saturated rings. The molecule has 27 heavy (non-hydrogen) atoms. The third-order valence-corrected chi connectivity index (χ3v) is 6.15. The van der Waals surface area contributed by atoms with E-state index in [4.69, 9.17) is 23.2 Å². The Morgan fingerprint density at radius 3 is 2.52 bits per heavy atom. The van der Waals surface area contributed by atoms with Gasteiger partial charge in [0.15, 0.2) is 0 Å². The molecule has 5 heteroatoms. The lowest BCUT2D eigenvalue weighted by atomic mass is 9.91. The highest BCUT2D eigenvalue weighted by molar-refractivity contribution is 6.36. The number of nitrogens with zero attached hydrogens (tertiary/aromatic N) is 1. The molecule has 0 unspecified atom stereocenters. The highest BCUT2D eigenvalue weighted by Gasteiger charge is 2.27. The lowest BCUT2D eigenvalue weighted by Crippen LogP contribution is -2.38. The molecule has 3 aromatic rings. The lowest BCUT2D eigenvalue weighted by molar-refractivity contribution is 0.0712. The van der Waals surface area contributed by atoms with Gasteiger partial charge in [0.25, 0.3) is 5.91 Å². The number of carbonyl (C=O) groups excluding carboxylic acids is 1. The highest BCUT2D eigenvalue weighted by Crippen LogP contribution is 2.34. The first kappa shape index (κ1) is 18.4. The Hall–Kier alpha value is -1.97. The molecule has 0 aliphatic carbocycles. The fourth-order valence-electron chi connectivity index (χ4n) is 4.07. The van der Waals surface area contributed by atoms with E-state index >= 15 is 0 Å². The van der Waals surface area contributed by atoms with Gasteiger partial charge in [0.1, 0.15) is 0 Å². The number of aryl methyl sites for hydroxylation is 2. The summed E-state index contributed by atoms with van der Waals surface area (Å²) in [6.07, 6.45) is 1.90. The molecule has 1 N–H and O–H groups in total. The maximum Gasteiger partial charge on any atom is 0.255 e. The quantitative estimate of drug-likeness (QED) is 0.553. The van der Waals surface area contributed by atoms with Gasteiger partial charge in [-0.05, 0) is 62.6 Å². The first-order chi connectivity index (χ1) is 12.9. The Labute approximate surface area is 169 Å². The number of fused-ring (bicyclic) bond motifs is 1. The maximum atomic E-state index is 12.8. The van der Waals surface area contributed by atoms with E-state index < -0.39 is 0 Å². The molecule has 0 spiro atoms. The summed E-state index contributed by atoms with van der Waals surface area (Å²) in [5.74, 6) is 0.432. The van der Waals surface area contributed by atoms with Crippen LogP contribution in [0.25, 0.3) is 10.9 Å². The van der Waals surface area contributed by atoms with Gasteiger partial charge in [-0.25, -0.2) is 0 Å². The van der Waals surface area contributed by atoms with Gasteiger partial charge in [0, 0.05) is 40.6 Å². The Morgan fingerprint density at radius 2 is 1.81 bits per heavy atom. The van der Waals surface area contributed by atoms with Crippen LogP contribution in [-0.4, -0.2) is 28.9 Å². The summed E-state index contributed by atoms with van der Waals surface area (Å²) >= 11 is 12.1. The number of rotatable bonds is 2. The number of nitrogens with one attached hydrogen (secondary N) is 1. The third kappa shape index (κ3) is 3.46. The van der Waals surface area contributed by atoms with Crippen LogP contribution >= 0.6 is 23.2 Å². The Morgan fingerprint density at radius 1 is 1.07 bits per heavy atom. The van der Waals surface area contributed by atoms with Gasteiger partial charge in [0.05, 0.1) is 10.6 Å². The Bertz CT molecular complexity index is 1020. The zero-order valence-electron chi connectivity index (χ0n) is 15.5. The molecule has 4 rings (SSSR count). The van der Waals surface area contributed by atoms with Crippen LogP contribution in [0.2, 0.25) is 10.0 Å². The van der Waals surface area contributed by atoms with Gasteiger partial charge in [-0.2, -0.15) is 0 Å². The summed E-state index contributed by atoms with van der Waals surface area (Å²) in [6, 6.07) is 11.6. The van der Waals surface area contributed by atoms with Crippen molar-refractivity contribution < 1.29 is 4.79 Å². The minimum Gasteiger partial charge on any atom is -0.358 e. The average molecular weight is 401 g/mol. The summed E-state index contributed by atoms with van der Waals surface area (Å²) in [5.41, 5.74) is 5.64. The van der Waals surface area contributed by atoms with E-state index in [1.54, 1.807) is 18.2 Å². The molecule has 1 saturated heterocycles. The van der Waals surface area contributed by atoms with Gasteiger partial charge in [-0.1, -0.05) is 34.8 Å². The van der Waals surface area contributed by atoms with Crippen molar-refractivity contribution in [1.29, 1.82) is 0 Å². The van der Waals surface area contributed by atoms with E-state index in [9.17, 15) is 4.79 Å². The molecule has 2 aromatic carbocycles. The van der Waals surface area contributed by atoms with Gasteiger partial charge < -0.3 is 9.88 Å². The van der Waals surface area contributed by atoms with Crippen molar-refractivity contribution in [1.82, 2.24) is 9.88 Å². The number of amides is 1. The second kappa shape index (κ2) is 7.21. The standard InChI is InChI=1S/C22H22Cl2N2O/c1-13-3-6-20-18(11-13)14(2)21(25-20)15-7-9-26(10-8-15)22(27)17-5-4-16(23)12-19(17)24/h3-6,11-12,15,25H,7-10H2,1-2H3. The van der Waals surface area contributed by atoms with Crippen LogP contribution in [0, 0.1) is 13.8 Å². The third-order valence-electron chi connectivity index (χ3n) is 5.60. The molecule has 0 bridgehead atoms. The first-order valence-electron chi connectivity index (χ1n) is 9.27. The number of halogens is 2. The maximum absolute atomic E-state index is 12.8. The monoisotopic (exact) mass is 400 g/mol. The number of likely N-dealkylation sites (tertiary alicyclic amines) is 1. The van der Waals surface area contributed by atoms with Crippen LogP contribution in [0.15, 0.2) is 36.4 Å². The lowest BCUT2D eigenvalue weighted by Gasteiger charge is -2.32. The number of piperidine rings is 1. The Balaban J connectivity index is 1.50. The number of carbonyl (C=O) groups is 1. The fraction of sp³-hybridized carbons (Fsp3) is 0.318. The molecule has 1 amide bonds. The van der Waals surface area contributed by atoms with Crippen LogP contribution in [0.1, 0.15) is 45.9 Å². The molecule has 2 heterocycles. The van der Waals surface area contributed by atoms with Crippen molar-refractivity contribution in [2.24, 2.45) is 0 Å².